The Bertz CT molecular complexity index is 854. The first-order valence-electron chi connectivity index (χ1n) is 8.05. The molecule has 142 valence electrons. The number of hydrogen-bond donors (Lipinski definition) is 1. The number of thiazole rings is 1. The van der Waals surface area contributed by atoms with Gasteiger partial charge in [-0.2, -0.15) is 4.31 Å². The minimum atomic E-state index is -3.82. The van der Waals surface area contributed by atoms with E-state index < -0.39 is 15.9 Å². The van der Waals surface area contributed by atoms with Crippen molar-refractivity contribution in [3.63, 3.8) is 0 Å². The van der Waals surface area contributed by atoms with Gasteiger partial charge in [-0.15, -0.1) is 11.3 Å². The summed E-state index contributed by atoms with van der Waals surface area (Å²) >= 11 is 1.36. The zero-order chi connectivity index (χ0) is 19.5. The van der Waals surface area contributed by atoms with Crippen molar-refractivity contribution < 1.29 is 17.9 Å². The molecule has 2 rings (SSSR count). The predicted molar refractivity (Wildman–Crippen MR) is 102 cm³/mol. The number of nitrogens with one attached hydrogen (secondary N) is 1. The molecule has 1 N–H and O–H groups in total. The highest BCUT2D eigenvalue weighted by atomic mass is 32.2. The second-order valence-corrected chi connectivity index (χ2v) is 9.12. The molecule has 0 spiro atoms. The maximum Gasteiger partial charge on any atom is 0.243 e. The van der Waals surface area contributed by atoms with Crippen LogP contribution in [-0.2, 0) is 14.8 Å². The number of anilines is 1. The van der Waals surface area contributed by atoms with Gasteiger partial charge in [-0.25, -0.2) is 13.4 Å². The SMILES string of the molecule is COc1ccc(S(=O)(=O)N(CC(=O)Nc2nc(C)c(C)s2)C(C)C)cc1. The molecule has 1 amide bonds. The van der Waals surface area contributed by atoms with Crippen LogP contribution in [0, 0.1) is 13.8 Å². The van der Waals surface area contributed by atoms with Gasteiger partial charge < -0.3 is 10.1 Å². The molecule has 2 aromatic rings. The average molecular weight is 398 g/mol. The van der Waals surface area contributed by atoms with Gasteiger partial charge in [-0.1, -0.05) is 0 Å². The van der Waals surface area contributed by atoms with Crippen LogP contribution in [-0.4, -0.2) is 43.3 Å². The van der Waals surface area contributed by atoms with Crippen LogP contribution in [0.25, 0.3) is 0 Å². The van der Waals surface area contributed by atoms with Crippen molar-refractivity contribution in [1.82, 2.24) is 9.29 Å². The van der Waals surface area contributed by atoms with Crippen LogP contribution < -0.4 is 10.1 Å². The van der Waals surface area contributed by atoms with Crippen molar-refractivity contribution >= 4 is 32.4 Å². The lowest BCUT2D eigenvalue weighted by Crippen LogP contribution is -2.42. The van der Waals surface area contributed by atoms with E-state index in [1.54, 1.807) is 26.0 Å². The molecule has 1 aromatic heterocycles. The fourth-order valence-corrected chi connectivity index (χ4v) is 4.68. The van der Waals surface area contributed by atoms with Crippen molar-refractivity contribution in [2.24, 2.45) is 0 Å². The Kier molecular flexibility index (Phi) is 6.38. The molecule has 1 aromatic carbocycles. The molecule has 0 aliphatic carbocycles. The van der Waals surface area contributed by atoms with Gasteiger partial charge >= 0.3 is 0 Å². The lowest BCUT2D eigenvalue weighted by atomic mass is 10.3. The van der Waals surface area contributed by atoms with E-state index in [1.807, 2.05) is 13.8 Å². The summed E-state index contributed by atoms with van der Waals surface area (Å²) in [7, 11) is -2.31. The number of carbonyl (C=O) groups is 1. The zero-order valence-corrected chi connectivity index (χ0v) is 17.1. The molecule has 0 atom stereocenters. The van der Waals surface area contributed by atoms with Gasteiger partial charge in [0, 0.05) is 10.9 Å². The van der Waals surface area contributed by atoms with Crippen LogP contribution in [0.4, 0.5) is 5.13 Å². The number of ether oxygens (including phenoxy) is 1. The van der Waals surface area contributed by atoms with Gasteiger partial charge in [0.1, 0.15) is 5.75 Å². The third kappa shape index (κ3) is 4.60. The number of hydrogen-bond acceptors (Lipinski definition) is 6. The van der Waals surface area contributed by atoms with E-state index in [2.05, 4.69) is 10.3 Å². The molecule has 7 nitrogen and oxygen atoms in total. The van der Waals surface area contributed by atoms with Crippen molar-refractivity contribution in [2.75, 3.05) is 19.0 Å². The highest BCUT2D eigenvalue weighted by molar-refractivity contribution is 7.89. The Hall–Kier alpha value is -1.97. The van der Waals surface area contributed by atoms with E-state index >= 15 is 0 Å². The molecule has 0 saturated heterocycles. The van der Waals surface area contributed by atoms with Crippen LogP contribution in [0.3, 0.4) is 0 Å². The van der Waals surface area contributed by atoms with Gasteiger partial charge in [0.15, 0.2) is 5.13 Å². The van der Waals surface area contributed by atoms with E-state index in [1.165, 1.54) is 30.6 Å². The molecule has 26 heavy (non-hydrogen) atoms. The number of aryl methyl sites for hydroxylation is 2. The fraction of sp³-hybridized carbons (Fsp3) is 0.412. The van der Waals surface area contributed by atoms with Gasteiger partial charge in [0.25, 0.3) is 0 Å². The first-order valence-corrected chi connectivity index (χ1v) is 10.3. The van der Waals surface area contributed by atoms with Gasteiger partial charge in [-0.3, -0.25) is 4.79 Å². The lowest BCUT2D eigenvalue weighted by Gasteiger charge is -2.25. The lowest BCUT2D eigenvalue weighted by molar-refractivity contribution is -0.116. The monoisotopic (exact) mass is 397 g/mol. The Balaban J connectivity index is 2.19. The number of rotatable bonds is 7. The third-order valence-electron chi connectivity index (χ3n) is 3.82. The number of aromatic nitrogens is 1. The Morgan fingerprint density at radius 3 is 2.35 bits per heavy atom. The molecule has 0 radical (unpaired) electrons. The van der Waals surface area contributed by atoms with Crippen LogP contribution in [0.15, 0.2) is 29.2 Å². The largest absolute Gasteiger partial charge is 0.497 e. The second-order valence-electron chi connectivity index (χ2n) is 6.03. The summed E-state index contributed by atoms with van der Waals surface area (Å²) in [4.78, 5) is 17.7. The molecule has 0 aliphatic heterocycles. The molecule has 0 unspecified atom stereocenters. The maximum absolute atomic E-state index is 12.9. The first-order chi connectivity index (χ1) is 12.1. The zero-order valence-electron chi connectivity index (χ0n) is 15.4. The molecule has 0 saturated carbocycles. The number of amides is 1. The minimum Gasteiger partial charge on any atom is -0.497 e. The van der Waals surface area contributed by atoms with Crippen LogP contribution in [0.5, 0.6) is 5.75 Å². The summed E-state index contributed by atoms with van der Waals surface area (Å²) in [6, 6.07) is 5.70. The van der Waals surface area contributed by atoms with Gasteiger partial charge in [0.2, 0.25) is 15.9 Å². The first kappa shape index (κ1) is 20.3. The predicted octanol–water partition coefficient (Wildman–Crippen LogP) is 2.81. The van der Waals surface area contributed by atoms with Crippen LogP contribution in [0.1, 0.15) is 24.4 Å². The summed E-state index contributed by atoms with van der Waals surface area (Å²) in [6.07, 6.45) is 0. The van der Waals surface area contributed by atoms with E-state index in [4.69, 9.17) is 4.74 Å². The third-order valence-corrected chi connectivity index (χ3v) is 6.84. The number of methoxy groups -OCH3 is 1. The molecule has 0 bridgehead atoms. The number of sulfonamides is 1. The number of nitrogens with zero attached hydrogens (tertiary/aromatic N) is 2. The molecular weight excluding hydrogens is 374 g/mol. The van der Waals surface area contributed by atoms with Gasteiger partial charge in [-0.05, 0) is 52.0 Å². The highest BCUT2D eigenvalue weighted by Crippen LogP contribution is 2.23. The fourth-order valence-electron chi connectivity index (χ4n) is 2.25. The quantitative estimate of drug-likeness (QED) is 0.776. The van der Waals surface area contributed by atoms with Crippen molar-refractivity contribution in [2.45, 2.75) is 38.6 Å². The Morgan fingerprint density at radius 2 is 1.88 bits per heavy atom. The molecule has 0 aliphatic rings. The second kappa shape index (κ2) is 8.15. The van der Waals surface area contributed by atoms with E-state index in [-0.39, 0.29) is 17.5 Å². The summed E-state index contributed by atoms with van der Waals surface area (Å²) in [5.74, 6) is 0.136. The summed E-state index contributed by atoms with van der Waals surface area (Å²) in [5.41, 5.74) is 0.844. The topological polar surface area (TPSA) is 88.6 Å². The van der Waals surface area contributed by atoms with Gasteiger partial charge in [0.05, 0.1) is 24.2 Å². The smallest absolute Gasteiger partial charge is 0.243 e. The summed E-state index contributed by atoms with van der Waals surface area (Å²) in [6.45, 7) is 6.94. The number of carbonyl (C=O) groups excluding carboxylic acids is 1. The van der Waals surface area contributed by atoms with Crippen LogP contribution >= 0.6 is 11.3 Å². The normalized spacial score (nSPS) is 11.8. The molecule has 1 heterocycles. The van der Waals surface area contributed by atoms with Crippen LogP contribution in [0.2, 0.25) is 0 Å². The average Bonchev–Trinajstić information content (AvgIpc) is 2.89. The minimum absolute atomic E-state index is 0.112. The summed E-state index contributed by atoms with van der Waals surface area (Å²) < 4.78 is 32.0. The van der Waals surface area contributed by atoms with E-state index in [9.17, 15) is 13.2 Å². The maximum atomic E-state index is 12.9. The van der Waals surface area contributed by atoms with Crippen molar-refractivity contribution in [3.8, 4) is 5.75 Å². The molecular formula is C17H23N3O4S2. The molecule has 0 fully saturated rings. The van der Waals surface area contributed by atoms with E-state index in [0.29, 0.717) is 10.9 Å². The summed E-state index contributed by atoms with van der Waals surface area (Å²) in [5, 5.41) is 3.14. The number of benzene rings is 1. The van der Waals surface area contributed by atoms with E-state index in [0.717, 1.165) is 14.9 Å². The van der Waals surface area contributed by atoms with Crippen molar-refractivity contribution in [3.05, 3.63) is 34.8 Å². The Morgan fingerprint density at radius 1 is 1.27 bits per heavy atom. The Labute approximate surface area is 158 Å². The van der Waals surface area contributed by atoms with Crippen molar-refractivity contribution in [1.29, 1.82) is 0 Å². The molecule has 9 heteroatoms. The highest BCUT2D eigenvalue weighted by Gasteiger charge is 2.29. The standard InChI is InChI=1S/C17H23N3O4S2/c1-11(2)20(10-16(21)19-17-18-12(3)13(4)25-17)26(22,23)15-8-6-14(24-5)7-9-15/h6-9,11H,10H2,1-5H3,(H,18,19,21).